The molecule has 2 N–H and O–H groups in total. The van der Waals surface area contributed by atoms with Crippen LogP contribution in [0.15, 0.2) is 18.2 Å². The summed E-state index contributed by atoms with van der Waals surface area (Å²) in [7, 11) is 0. The Hall–Kier alpha value is -1.26. The van der Waals surface area contributed by atoms with Crippen LogP contribution < -0.4 is 14.8 Å². The van der Waals surface area contributed by atoms with Crippen molar-refractivity contribution in [3.05, 3.63) is 23.8 Å². The molecule has 0 spiro atoms. The molecule has 1 aromatic rings. The summed E-state index contributed by atoms with van der Waals surface area (Å²) in [5.74, 6) is 1.64. The molecule has 0 unspecified atom stereocenters. The molecule has 0 bridgehead atoms. The Bertz CT molecular complexity index is 429. The lowest BCUT2D eigenvalue weighted by atomic mass is 9.80. The summed E-state index contributed by atoms with van der Waals surface area (Å²) < 4.78 is 11.0. The molecule has 0 aromatic heterocycles. The molecule has 3 rings (SSSR count). The summed E-state index contributed by atoms with van der Waals surface area (Å²) in [4.78, 5) is 0. The Morgan fingerprint density at radius 2 is 1.94 bits per heavy atom. The highest BCUT2D eigenvalue weighted by Crippen LogP contribution is 2.32. The molecule has 1 heterocycles. The first-order chi connectivity index (χ1) is 8.75. The van der Waals surface area contributed by atoms with Gasteiger partial charge in [0.05, 0.1) is 5.60 Å². The molecular weight excluding hydrogens is 230 g/mol. The molecule has 1 aliphatic heterocycles. The van der Waals surface area contributed by atoms with Gasteiger partial charge in [-0.2, -0.15) is 0 Å². The molecule has 1 aromatic carbocycles. The molecule has 1 fully saturated rings. The highest BCUT2D eigenvalue weighted by Gasteiger charge is 2.33. The van der Waals surface area contributed by atoms with Gasteiger partial charge in [0.25, 0.3) is 0 Å². The summed E-state index contributed by atoms with van der Waals surface area (Å²) >= 11 is 0. The fourth-order valence-corrected chi connectivity index (χ4v) is 2.40. The van der Waals surface area contributed by atoms with E-state index in [1.54, 1.807) is 0 Å². The monoisotopic (exact) mass is 249 g/mol. The van der Waals surface area contributed by atoms with Crippen LogP contribution in [0.3, 0.4) is 0 Å². The first kappa shape index (κ1) is 11.8. The van der Waals surface area contributed by atoms with Crippen molar-refractivity contribution in [1.29, 1.82) is 0 Å². The third-order valence-electron chi connectivity index (χ3n) is 3.67. The number of hydrogen-bond acceptors (Lipinski definition) is 4. The topological polar surface area (TPSA) is 50.7 Å². The third-order valence-corrected chi connectivity index (χ3v) is 3.67. The molecule has 4 nitrogen and oxygen atoms in total. The number of hydrogen-bond donors (Lipinski definition) is 2. The van der Waals surface area contributed by atoms with Crippen molar-refractivity contribution < 1.29 is 14.6 Å². The highest BCUT2D eigenvalue weighted by atomic mass is 16.6. The van der Waals surface area contributed by atoms with Gasteiger partial charge in [-0.3, -0.25) is 0 Å². The van der Waals surface area contributed by atoms with E-state index in [4.69, 9.17) is 9.47 Å². The second-order valence-corrected chi connectivity index (χ2v) is 5.16. The van der Waals surface area contributed by atoms with Crippen molar-refractivity contribution in [2.45, 2.75) is 31.4 Å². The second-order valence-electron chi connectivity index (χ2n) is 5.16. The predicted molar refractivity (Wildman–Crippen MR) is 67.9 cm³/mol. The Kier molecular flexibility index (Phi) is 3.14. The maximum atomic E-state index is 9.97. The first-order valence-electron chi connectivity index (χ1n) is 6.57. The van der Waals surface area contributed by atoms with E-state index >= 15 is 0 Å². The fraction of sp³-hybridized carbons (Fsp3) is 0.571. The van der Waals surface area contributed by atoms with Gasteiger partial charge in [-0.05, 0) is 37.0 Å². The van der Waals surface area contributed by atoms with Gasteiger partial charge in [0.15, 0.2) is 11.5 Å². The van der Waals surface area contributed by atoms with Gasteiger partial charge in [0.2, 0.25) is 0 Å². The van der Waals surface area contributed by atoms with E-state index in [-0.39, 0.29) is 0 Å². The summed E-state index contributed by atoms with van der Waals surface area (Å²) in [5, 5.41) is 13.3. The fourth-order valence-electron chi connectivity index (χ4n) is 2.40. The van der Waals surface area contributed by atoms with Crippen molar-refractivity contribution in [1.82, 2.24) is 5.32 Å². The first-order valence-corrected chi connectivity index (χ1v) is 6.57. The van der Waals surface area contributed by atoms with Crippen LogP contribution in [0.2, 0.25) is 0 Å². The SMILES string of the molecule is OC1(CNCc2ccc3c(c2)OCCO3)CCC1. The minimum absolute atomic E-state index is 0.464. The zero-order valence-corrected chi connectivity index (χ0v) is 10.4. The third kappa shape index (κ3) is 2.44. The number of aliphatic hydroxyl groups is 1. The summed E-state index contributed by atoms with van der Waals surface area (Å²) in [6, 6.07) is 5.99. The molecule has 1 saturated carbocycles. The lowest BCUT2D eigenvalue weighted by Crippen LogP contribution is -2.45. The zero-order chi connectivity index (χ0) is 12.4. The number of rotatable bonds is 4. The van der Waals surface area contributed by atoms with E-state index in [0.717, 1.165) is 42.9 Å². The Morgan fingerprint density at radius 3 is 2.67 bits per heavy atom. The molecule has 1 aliphatic carbocycles. The maximum Gasteiger partial charge on any atom is 0.161 e. The number of fused-ring (bicyclic) bond motifs is 1. The molecule has 2 aliphatic rings. The van der Waals surface area contributed by atoms with Crippen LogP contribution in [-0.2, 0) is 6.54 Å². The van der Waals surface area contributed by atoms with Gasteiger partial charge in [0, 0.05) is 13.1 Å². The molecule has 0 saturated heterocycles. The van der Waals surface area contributed by atoms with E-state index < -0.39 is 5.60 Å². The zero-order valence-electron chi connectivity index (χ0n) is 10.4. The second kappa shape index (κ2) is 4.78. The number of nitrogens with one attached hydrogen (secondary N) is 1. The smallest absolute Gasteiger partial charge is 0.161 e. The van der Waals surface area contributed by atoms with Crippen molar-refractivity contribution in [2.75, 3.05) is 19.8 Å². The van der Waals surface area contributed by atoms with Crippen LogP contribution >= 0.6 is 0 Å². The average molecular weight is 249 g/mol. The van der Waals surface area contributed by atoms with Crippen LogP contribution in [0.1, 0.15) is 24.8 Å². The van der Waals surface area contributed by atoms with Gasteiger partial charge in [0.1, 0.15) is 13.2 Å². The lowest BCUT2D eigenvalue weighted by molar-refractivity contribution is -0.0314. The van der Waals surface area contributed by atoms with Crippen LogP contribution in [0.4, 0.5) is 0 Å². The standard InChI is InChI=1S/C14H19NO3/c16-14(4-1-5-14)10-15-9-11-2-3-12-13(8-11)18-7-6-17-12/h2-3,8,15-16H,1,4-7,9-10H2. The van der Waals surface area contributed by atoms with Gasteiger partial charge < -0.3 is 19.9 Å². The minimum atomic E-state index is -0.464. The van der Waals surface area contributed by atoms with E-state index in [9.17, 15) is 5.11 Å². The lowest BCUT2D eigenvalue weighted by Gasteiger charge is -2.36. The number of benzene rings is 1. The van der Waals surface area contributed by atoms with Crippen molar-refractivity contribution in [3.8, 4) is 11.5 Å². The van der Waals surface area contributed by atoms with E-state index in [0.29, 0.717) is 19.8 Å². The molecule has 4 heteroatoms. The van der Waals surface area contributed by atoms with Gasteiger partial charge >= 0.3 is 0 Å². The molecule has 98 valence electrons. The predicted octanol–water partition coefficient (Wildman–Crippen LogP) is 1.46. The minimum Gasteiger partial charge on any atom is -0.486 e. The summed E-state index contributed by atoms with van der Waals surface area (Å²) in [6.45, 7) is 2.65. The molecular formula is C14H19NO3. The van der Waals surface area contributed by atoms with Crippen molar-refractivity contribution >= 4 is 0 Å². The maximum absolute atomic E-state index is 9.97. The van der Waals surface area contributed by atoms with Crippen LogP contribution in [0.5, 0.6) is 11.5 Å². The normalized spacial score (nSPS) is 20.3. The Morgan fingerprint density at radius 1 is 1.17 bits per heavy atom. The van der Waals surface area contributed by atoms with E-state index in [2.05, 4.69) is 5.32 Å². The van der Waals surface area contributed by atoms with Gasteiger partial charge in [-0.15, -0.1) is 0 Å². The summed E-state index contributed by atoms with van der Waals surface area (Å²) in [6.07, 6.45) is 2.98. The van der Waals surface area contributed by atoms with Crippen molar-refractivity contribution in [3.63, 3.8) is 0 Å². The molecule has 0 amide bonds. The van der Waals surface area contributed by atoms with Crippen LogP contribution in [0.25, 0.3) is 0 Å². The Balaban J connectivity index is 1.56. The summed E-state index contributed by atoms with van der Waals surface area (Å²) in [5.41, 5.74) is 0.690. The molecule has 18 heavy (non-hydrogen) atoms. The quantitative estimate of drug-likeness (QED) is 0.848. The molecule has 0 atom stereocenters. The van der Waals surface area contributed by atoms with E-state index in [1.165, 1.54) is 0 Å². The van der Waals surface area contributed by atoms with Crippen LogP contribution in [0, 0.1) is 0 Å². The largest absolute Gasteiger partial charge is 0.486 e. The average Bonchev–Trinajstić information content (AvgIpc) is 2.37. The van der Waals surface area contributed by atoms with Crippen molar-refractivity contribution in [2.24, 2.45) is 0 Å². The number of ether oxygens (including phenoxy) is 2. The van der Waals surface area contributed by atoms with E-state index in [1.807, 2.05) is 18.2 Å². The highest BCUT2D eigenvalue weighted by molar-refractivity contribution is 5.43. The van der Waals surface area contributed by atoms with Gasteiger partial charge in [-0.1, -0.05) is 6.07 Å². The van der Waals surface area contributed by atoms with Gasteiger partial charge in [-0.25, -0.2) is 0 Å². The molecule has 0 radical (unpaired) electrons. The Labute approximate surface area is 107 Å². The van der Waals surface area contributed by atoms with Crippen LogP contribution in [-0.4, -0.2) is 30.5 Å².